The first kappa shape index (κ1) is 22.2. The van der Waals surface area contributed by atoms with E-state index in [1.807, 2.05) is 6.07 Å². The Hall–Kier alpha value is -4.12. The first-order chi connectivity index (χ1) is 14.4. The standard InChI is InChI=1S/C22H21N3O5/c1-15(24-20(26)11-8-16-6-9-19(29-2)10-7-16)22(28)30-14-21(27)25-18-5-3-4-17(12-18)13-23/h3-12,15H,14H2,1-2H3,(H,24,26)(H,25,27)/t15-/m0/s1. The van der Waals surface area contributed by atoms with Crippen LogP contribution in [0.3, 0.4) is 0 Å². The molecule has 0 heterocycles. The van der Waals surface area contributed by atoms with E-state index in [-0.39, 0.29) is 0 Å². The third kappa shape index (κ3) is 7.13. The number of hydrogen-bond donors (Lipinski definition) is 2. The van der Waals surface area contributed by atoms with E-state index >= 15 is 0 Å². The molecule has 0 aliphatic carbocycles. The van der Waals surface area contributed by atoms with Gasteiger partial charge < -0.3 is 20.1 Å². The average molecular weight is 407 g/mol. The molecule has 0 unspecified atom stereocenters. The summed E-state index contributed by atoms with van der Waals surface area (Å²) in [7, 11) is 1.56. The summed E-state index contributed by atoms with van der Waals surface area (Å²) in [5, 5.41) is 13.8. The lowest BCUT2D eigenvalue weighted by Crippen LogP contribution is -2.39. The quantitative estimate of drug-likeness (QED) is 0.512. The van der Waals surface area contributed by atoms with Gasteiger partial charge in [0.2, 0.25) is 5.91 Å². The maximum atomic E-state index is 12.0. The highest BCUT2D eigenvalue weighted by Crippen LogP contribution is 2.12. The van der Waals surface area contributed by atoms with Crippen molar-refractivity contribution in [3.8, 4) is 11.8 Å². The molecule has 0 saturated carbocycles. The lowest BCUT2D eigenvalue weighted by molar-refractivity contribution is -0.149. The van der Waals surface area contributed by atoms with Gasteiger partial charge in [-0.1, -0.05) is 18.2 Å². The second kappa shape index (κ2) is 11.0. The molecule has 0 radical (unpaired) electrons. The van der Waals surface area contributed by atoms with Crippen molar-refractivity contribution in [3.63, 3.8) is 0 Å². The molecule has 2 N–H and O–H groups in total. The van der Waals surface area contributed by atoms with Crippen molar-refractivity contribution < 1.29 is 23.9 Å². The Morgan fingerprint density at radius 1 is 1.17 bits per heavy atom. The molecule has 2 aromatic carbocycles. The van der Waals surface area contributed by atoms with Crippen molar-refractivity contribution in [1.29, 1.82) is 5.26 Å². The summed E-state index contributed by atoms with van der Waals surface area (Å²) in [5.41, 5.74) is 1.60. The van der Waals surface area contributed by atoms with Crippen molar-refractivity contribution >= 4 is 29.5 Å². The van der Waals surface area contributed by atoms with Gasteiger partial charge in [0.15, 0.2) is 6.61 Å². The molecule has 1 atom stereocenters. The van der Waals surface area contributed by atoms with E-state index in [1.165, 1.54) is 19.1 Å². The van der Waals surface area contributed by atoms with E-state index in [1.54, 1.807) is 55.7 Å². The van der Waals surface area contributed by atoms with Crippen LogP contribution in [0.5, 0.6) is 5.75 Å². The minimum atomic E-state index is -0.937. The minimum absolute atomic E-state index is 0.392. The van der Waals surface area contributed by atoms with Crippen molar-refractivity contribution in [2.24, 2.45) is 0 Å². The smallest absolute Gasteiger partial charge is 0.328 e. The van der Waals surface area contributed by atoms with Gasteiger partial charge in [0.25, 0.3) is 5.91 Å². The predicted octanol–water partition coefficient (Wildman–Crippen LogP) is 2.27. The van der Waals surface area contributed by atoms with Crippen LogP contribution < -0.4 is 15.4 Å². The Balaban J connectivity index is 1.77. The zero-order chi connectivity index (χ0) is 21.9. The van der Waals surface area contributed by atoms with E-state index in [0.29, 0.717) is 17.0 Å². The van der Waals surface area contributed by atoms with Gasteiger partial charge in [0, 0.05) is 11.8 Å². The number of rotatable bonds is 8. The highest BCUT2D eigenvalue weighted by molar-refractivity contribution is 5.96. The SMILES string of the molecule is COc1ccc(C=CC(=O)N[C@@H](C)C(=O)OCC(=O)Nc2cccc(C#N)c2)cc1. The fourth-order valence-electron chi connectivity index (χ4n) is 2.33. The summed E-state index contributed by atoms with van der Waals surface area (Å²) in [6.07, 6.45) is 2.89. The van der Waals surface area contributed by atoms with E-state index in [2.05, 4.69) is 10.6 Å². The Labute approximate surface area is 174 Å². The molecule has 0 spiro atoms. The van der Waals surface area contributed by atoms with Gasteiger partial charge in [-0.15, -0.1) is 0 Å². The predicted molar refractivity (Wildman–Crippen MR) is 110 cm³/mol. The molecule has 0 aliphatic heterocycles. The van der Waals surface area contributed by atoms with E-state index in [9.17, 15) is 14.4 Å². The monoisotopic (exact) mass is 407 g/mol. The van der Waals surface area contributed by atoms with Crippen molar-refractivity contribution in [1.82, 2.24) is 5.32 Å². The zero-order valence-corrected chi connectivity index (χ0v) is 16.5. The molecule has 0 bridgehead atoms. The molecule has 30 heavy (non-hydrogen) atoms. The van der Waals surface area contributed by atoms with Gasteiger partial charge in [-0.2, -0.15) is 5.26 Å². The topological polar surface area (TPSA) is 118 Å². The van der Waals surface area contributed by atoms with E-state index < -0.39 is 30.4 Å². The normalized spacial score (nSPS) is 11.2. The van der Waals surface area contributed by atoms with Crippen molar-refractivity contribution in [3.05, 3.63) is 65.7 Å². The number of methoxy groups -OCH3 is 1. The second-order valence-corrected chi connectivity index (χ2v) is 6.19. The fourth-order valence-corrected chi connectivity index (χ4v) is 2.33. The summed E-state index contributed by atoms with van der Waals surface area (Å²) in [5.74, 6) is -1.08. The van der Waals surface area contributed by atoms with Crippen molar-refractivity contribution in [2.75, 3.05) is 19.0 Å². The molecule has 2 amide bonds. The third-order valence-corrected chi connectivity index (χ3v) is 3.88. The van der Waals surface area contributed by atoms with Crippen LogP contribution in [0.25, 0.3) is 6.08 Å². The van der Waals surface area contributed by atoms with E-state index in [4.69, 9.17) is 14.7 Å². The van der Waals surface area contributed by atoms with Crippen LogP contribution >= 0.6 is 0 Å². The maximum Gasteiger partial charge on any atom is 0.328 e. The van der Waals surface area contributed by atoms with Gasteiger partial charge >= 0.3 is 5.97 Å². The number of nitrogens with one attached hydrogen (secondary N) is 2. The number of ether oxygens (including phenoxy) is 2. The number of nitrogens with zero attached hydrogens (tertiary/aromatic N) is 1. The maximum absolute atomic E-state index is 12.0. The first-order valence-electron chi connectivity index (χ1n) is 9.00. The third-order valence-electron chi connectivity index (χ3n) is 3.88. The number of benzene rings is 2. The molecule has 2 aromatic rings. The number of carbonyl (C=O) groups is 3. The highest BCUT2D eigenvalue weighted by Gasteiger charge is 2.17. The number of hydrogen-bond acceptors (Lipinski definition) is 6. The summed E-state index contributed by atoms with van der Waals surface area (Å²) in [4.78, 5) is 35.8. The van der Waals surface area contributed by atoms with Gasteiger partial charge in [0.05, 0.1) is 18.7 Å². The molecule has 8 nitrogen and oxygen atoms in total. The number of carbonyl (C=O) groups excluding carboxylic acids is 3. The fraction of sp³-hybridized carbons (Fsp3) is 0.182. The zero-order valence-electron chi connectivity index (χ0n) is 16.5. The highest BCUT2D eigenvalue weighted by atomic mass is 16.5. The molecule has 2 rings (SSSR count). The molecule has 8 heteroatoms. The molecule has 0 fully saturated rings. The minimum Gasteiger partial charge on any atom is -0.497 e. The van der Waals surface area contributed by atoms with Crippen LogP contribution in [0.15, 0.2) is 54.6 Å². The molecule has 0 saturated heterocycles. The van der Waals surface area contributed by atoms with Crippen LogP contribution in [-0.4, -0.2) is 37.5 Å². The Morgan fingerprint density at radius 3 is 2.57 bits per heavy atom. The number of nitriles is 1. The van der Waals surface area contributed by atoms with Gasteiger partial charge in [-0.3, -0.25) is 9.59 Å². The number of esters is 1. The lowest BCUT2D eigenvalue weighted by Gasteiger charge is -2.12. The summed E-state index contributed by atoms with van der Waals surface area (Å²) < 4.78 is 9.98. The second-order valence-electron chi connectivity index (χ2n) is 6.19. The molecule has 154 valence electrons. The molecular weight excluding hydrogens is 386 g/mol. The van der Waals surface area contributed by atoms with Gasteiger partial charge in [-0.05, 0) is 48.9 Å². The van der Waals surface area contributed by atoms with Crippen LogP contribution in [-0.2, 0) is 19.1 Å². The van der Waals surface area contributed by atoms with E-state index in [0.717, 1.165) is 5.56 Å². The van der Waals surface area contributed by atoms with Gasteiger partial charge in [0.1, 0.15) is 11.8 Å². The number of anilines is 1. The van der Waals surface area contributed by atoms with Crippen LogP contribution in [0.1, 0.15) is 18.1 Å². The molecule has 0 aliphatic rings. The Bertz CT molecular complexity index is 977. The molecular formula is C22H21N3O5. The lowest BCUT2D eigenvalue weighted by atomic mass is 10.2. The van der Waals surface area contributed by atoms with Crippen molar-refractivity contribution in [2.45, 2.75) is 13.0 Å². The van der Waals surface area contributed by atoms with Crippen LogP contribution in [0.2, 0.25) is 0 Å². The van der Waals surface area contributed by atoms with Crippen LogP contribution in [0, 0.1) is 11.3 Å². The summed E-state index contributed by atoms with van der Waals surface area (Å²) in [6, 6.07) is 14.4. The largest absolute Gasteiger partial charge is 0.497 e. The average Bonchev–Trinajstić information content (AvgIpc) is 2.76. The first-order valence-corrected chi connectivity index (χ1v) is 9.00. The Kier molecular flexibility index (Phi) is 8.15. The number of amides is 2. The summed E-state index contributed by atoms with van der Waals surface area (Å²) >= 11 is 0. The molecule has 0 aromatic heterocycles. The summed E-state index contributed by atoms with van der Waals surface area (Å²) in [6.45, 7) is 0.938. The van der Waals surface area contributed by atoms with Crippen LogP contribution in [0.4, 0.5) is 5.69 Å². The van der Waals surface area contributed by atoms with Gasteiger partial charge in [-0.25, -0.2) is 4.79 Å². The Morgan fingerprint density at radius 2 is 1.90 bits per heavy atom.